The van der Waals surface area contributed by atoms with Gasteiger partial charge in [-0.2, -0.15) is 0 Å². The van der Waals surface area contributed by atoms with Crippen LogP contribution in [0, 0.1) is 0 Å². The molecule has 0 N–H and O–H groups in total. The van der Waals surface area contributed by atoms with Gasteiger partial charge in [0.15, 0.2) is 0 Å². The zero-order valence-corrected chi connectivity index (χ0v) is 20.8. The van der Waals surface area contributed by atoms with E-state index >= 15 is 0 Å². The summed E-state index contributed by atoms with van der Waals surface area (Å²) in [6.07, 6.45) is 2.12. The monoisotopic (exact) mass is 524 g/mol. The number of ether oxygens (including phenoxy) is 5. The second-order valence-corrected chi connectivity index (χ2v) is 8.02. The molecule has 0 aliphatic carbocycles. The molecule has 0 unspecified atom stereocenters. The molecule has 0 amide bonds. The summed E-state index contributed by atoms with van der Waals surface area (Å²) >= 11 is 0. The van der Waals surface area contributed by atoms with Crippen LogP contribution < -0.4 is 14.2 Å². The quantitative estimate of drug-likeness (QED) is 0.104. The van der Waals surface area contributed by atoms with E-state index in [0.29, 0.717) is 22.8 Å². The summed E-state index contributed by atoms with van der Waals surface area (Å²) in [5.74, 6) is -0.244. The first-order chi connectivity index (χ1) is 18.9. The van der Waals surface area contributed by atoms with Crippen LogP contribution in [0.2, 0.25) is 0 Å². The first kappa shape index (κ1) is 26.7. The van der Waals surface area contributed by atoms with Crippen LogP contribution in [0.5, 0.6) is 17.2 Å². The minimum atomic E-state index is -0.590. The van der Waals surface area contributed by atoms with Crippen molar-refractivity contribution in [1.82, 2.24) is 0 Å². The number of benzene rings is 4. The Hall–Kier alpha value is -5.37. The lowest BCUT2D eigenvalue weighted by molar-refractivity contribution is -0.145. The maximum Gasteiger partial charge on any atom is 0.343 e. The SMILES string of the molecule is C=CC(=O)OCOc1ccc(C(=O)Oc2ccc(-c3ccc4cc(OCOC(=O)C=C)ccc4c3)cc2)cc1. The van der Waals surface area contributed by atoms with Crippen molar-refractivity contribution in [2.45, 2.75) is 0 Å². The minimum absolute atomic E-state index is 0.194. The predicted molar refractivity (Wildman–Crippen MR) is 144 cm³/mol. The fraction of sp³-hybridized carbons (Fsp3) is 0.0645. The summed E-state index contributed by atoms with van der Waals surface area (Å²) in [7, 11) is 0. The summed E-state index contributed by atoms with van der Waals surface area (Å²) in [6.45, 7) is 6.18. The molecular formula is C31H24O8. The van der Waals surface area contributed by atoms with E-state index in [1.807, 2.05) is 42.5 Å². The van der Waals surface area contributed by atoms with Gasteiger partial charge >= 0.3 is 17.9 Å². The molecule has 8 heteroatoms. The molecule has 0 aliphatic heterocycles. The molecular weight excluding hydrogens is 500 g/mol. The van der Waals surface area contributed by atoms with E-state index in [2.05, 4.69) is 13.2 Å². The Balaban J connectivity index is 1.35. The molecule has 196 valence electrons. The van der Waals surface area contributed by atoms with E-state index in [4.69, 9.17) is 23.7 Å². The molecule has 0 radical (unpaired) electrons. The summed E-state index contributed by atoms with van der Waals surface area (Å²) in [5, 5.41) is 1.97. The third-order valence-electron chi connectivity index (χ3n) is 5.49. The predicted octanol–water partition coefficient (Wildman–Crippen LogP) is 5.86. The Morgan fingerprint density at radius 2 is 1.10 bits per heavy atom. The lowest BCUT2D eigenvalue weighted by atomic mass is 10.0. The molecule has 0 atom stereocenters. The molecule has 0 heterocycles. The standard InChI is InChI=1S/C31H24O8/c1-3-29(32)37-19-35-26-12-9-22(10-13-26)31(34)39-27-14-7-21(8-15-27)23-5-6-25-18-28(16-11-24(25)17-23)36-20-38-30(33)4-2/h3-18H,1-2,19-20H2. The van der Waals surface area contributed by atoms with E-state index in [1.165, 1.54) is 0 Å². The van der Waals surface area contributed by atoms with Gasteiger partial charge in [-0.05, 0) is 76.5 Å². The zero-order valence-electron chi connectivity index (χ0n) is 20.8. The maximum atomic E-state index is 12.5. The fourth-order valence-electron chi connectivity index (χ4n) is 3.49. The average molecular weight is 525 g/mol. The second kappa shape index (κ2) is 12.7. The number of fused-ring (bicyclic) bond motifs is 1. The van der Waals surface area contributed by atoms with Gasteiger partial charge in [0.1, 0.15) is 17.2 Å². The first-order valence-corrected chi connectivity index (χ1v) is 11.8. The van der Waals surface area contributed by atoms with Crippen molar-refractivity contribution in [3.8, 4) is 28.4 Å². The van der Waals surface area contributed by atoms with E-state index in [0.717, 1.165) is 34.1 Å². The summed E-state index contributed by atoms with van der Waals surface area (Å²) in [4.78, 5) is 34.7. The van der Waals surface area contributed by atoms with Gasteiger partial charge in [0.05, 0.1) is 5.56 Å². The lowest BCUT2D eigenvalue weighted by Crippen LogP contribution is -2.09. The van der Waals surface area contributed by atoms with Crippen molar-refractivity contribution in [2.24, 2.45) is 0 Å². The van der Waals surface area contributed by atoms with E-state index in [-0.39, 0.29) is 13.6 Å². The summed E-state index contributed by atoms with van der Waals surface area (Å²) in [5.41, 5.74) is 2.28. The van der Waals surface area contributed by atoms with Crippen molar-refractivity contribution in [3.63, 3.8) is 0 Å². The highest BCUT2D eigenvalue weighted by Crippen LogP contribution is 2.28. The fourth-order valence-corrected chi connectivity index (χ4v) is 3.49. The molecule has 0 saturated carbocycles. The molecule has 39 heavy (non-hydrogen) atoms. The average Bonchev–Trinajstić information content (AvgIpc) is 2.97. The van der Waals surface area contributed by atoms with Crippen LogP contribution in [0.3, 0.4) is 0 Å². The van der Waals surface area contributed by atoms with Crippen molar-refractivity contribution in [3.05, 3.63) is 116 Å². The molecule has 4 rings (SSSR count). The Morgan fingerprint density at radius 1 is 0.590 bits per heavy atom. The molecule has 4 aromatic rings. The number of carbonyl (C=O) groups excluding carboxylic acids is 3. The zero-order chi connectivity index (χ0) is 27.6. The number of rotatable bonds is 11. The molecule has 8 nitrogen and oxygen atoms in total. The highest BCUT2D eigenvalue weighted by Gasteiger charge is 2.10. The normalized spacial score (nSPS) is 10.3. The van der Waals surface area contributed by atoms with E-state index < -0.39 is 17.9 Å². The molecule has 0 spiro atoms. The third kappa shape index (κ3) is 7.33. The largest absolute Gasteiger partial charge is 0.457 e. The number of hydrogen-bond acceptors (Lipinski definition) is 8. The third-order valence-corrected chi connectivity index (χ3v) is 5.49. The highest BCUT2D eigenvalue weighted by molar-refractivity contribution is 5.91. The van der Waals surface area contributed by atoms with Gasteiger partial charge in [0.2, 0.25) is 13.6 Å². The van der Waals surface area contributed by atoms with Gasteiger partial charge in [-0.15, -0.1) is 0 Å². The van der Waals surface area contributed by atoms with Gasteiger partial charge in [-0.25, -0.2) is 14.4 Å². The number of esters is 3. The molecule has 0 aliphatic rings. The van der Waals surface area contributed by atoms with Crippen LogP contribution >= 0.6 is 0 Å². The summed E-state index contributed by atoms with van der Waals surface area (Å²) in [6, 6.07) is 25.0. The topological polar surface area (TPSA) is 97.4 Å². The van der Waals surface area contributed by atoms with Gasteiger partial charge in [-0.1, -0.05) is 43.5 Å². The van der Waals surface area contributed by atoms with Gasteiger partial charge in [0, 0.05) is 12.2 Å². The minimum Gasteiger partial charge on any atom is -0.457 e. The van der Waals surface area contributed by atoms with Gasteiger partial charge < -0.3 is 23.7 Å². The van der Waals surface area contributed by atoms with Crippen LogP contribution in [0.15, 0.2) is 110 Å². The smallest absolute Gasteiger partial charge is 0.343 e. The van der Waals surface area contributed by atoms with Crippen LogP contribution in [-0.2, 0) is 19.1 Å². The van der Waals surface area contributed by atoms with Crippen molar-refractivity contribution >= 4 is 28.7 Å². The van der Waals surface area contributed by atoms with Gasteiger partial charge in [0.25, 0.3) is 0 Å². The molecule has 0 fully saturated rings. The lowest BCUT2D eigenvalue weighted by Gasteiger charge is -2.09. The molecule has 4 aromatic carbocycles. The summed E-state index contributed by atoms with van der Waals surface area (Å²) < 4.78 is 25.8. The number of carbonyl (C=O) groups is 3. The van der Waals surface area contributed by atoms with Crippen LogP contribution in [0.4, 0.5) is 0 Å². The highest BCUT2D eigenvalue weighted by atomic mass is 16.7. The maximum absolute atomic E-state index is 12.5. The van der Waals surface area contributed by atoms with Crippen molar-refractivity contribution in [2.75, 3.05) is 13.6 Å². The van der Waals surface area contributed by atoms with E-state index in [9.17, 15) is 14.4 Å². The Bertz CT molecular complexity index is 1500. The van der Waals surface area contributed by atoms with Gasteiger partial charge in [-0.3, -0.25) is 0 Å². The number of hydrogen-bond donors (Lipinski definition) is 0. The van der Waals surface area contributed by atoms with E-state index in [1.54, 1.807) is 42.5 Å². The Kier molecular flexibility index (Phi) is 8.71. The van der Waals surface area contributed by atoms with Crippen LogP contribution in [0.1, 0.15) is 10.4 Å². The molecule has 0 bridgehead atoms. The Morgan fingerprint density at radius 3 is 1.74 bits per heavy atom. The first-order valence-electron chi connectivity index (χ1n) is 11.8. The molecule has 0 saturated heterocycles. The van der Waals surface area contributed by atoms with Crippen LogP contribution in [0.25, 0.3) is 21.9 Å². The van der Waals surface area contributed by atoms with Crippen molar-refractivity contribution < 1.29 is 38.1 Å². The second-order valence-electron chi connectivity index (χ2n) is 8.02. The Labute approximate surface area is 224 Å². The molecule has 0 aromatic heterocycles. The van der Waals surface area contributed by atoms with Crippen LogP contribution in [-0.4, -0.2) is 31.5 Å². The van der Waals surface area contributed by atoms with Crippen molar-refractivity contribution in [1.29, 1.82) is 0 Å².